The summed E-state index contributed by atoms with van der Waals surface area (Å²) < 4.78 is 110. The number of hydrazone groups is 1. The van der Waals surface area contributed by atoms with Crippen molar-refractivity contribution >= 4 is 124 Å². The number of carbonyl (C=O) groups is 3. The first-order valence-electron chi connectivity index (χ1n) is 15.2. The topological polar surface area (TPSA) is 416 Å². The van der Waals surface area contributed by atoms with E-state index >= 15 is 0 Å². The van der Waals surface area contributed by atoms with Crippen LogP contribution in [0.1, 0.15) is 13.8 Å². The molecule has 61 heavy (non-hydrogen) atoms. The first kappa shape index (κ1) is 53.9. The maximum absolute atomic E-state index is 13.1. The molecule has 1 aliphatic heterocycles. The number of carbonyl (C=O) groups excluding carboxylic acids is 3. The molecule has 34 heteroatoms. The van der Waals surface area contributed by atoms with Crippen LogP contribution in [0.4, 0.5) is 46.5 Å². The van der Waals surface area contributed by atoms with E-state index < -0.39 is 108 Å². The summed E-state index contributed by atoms with van der Waals surface area (Å²) in [6, 6.07) is 3.79. The third kappa shape index (κ3) is 12.9. The van der Waals surface area contributed by atoms with Crippen molar-refractivity contribution in [3.63, 3.8) is 0 Å². The van der Waals surface area contributed by atoms with Crippen molar-refractivity contribution in [2.24, 2.45) is 10.8 Å². The summed E-state index contributed by atoms with van der Waals surface area (Å²) in [6.07, 6.45) is 0. The summed E-state index contributed by atoms with van der Waals surface area (Å²) in [5, 5.41) is 10.2. The van der Waals surface area contributed by atoms with E-state index in [2.05, 4.69) is 56.4 Å². The van der Waals surface area contributed by atoms with Gasteiger partial charge in [-0.15, -0.1) is 0 Å². The van der Waals surface area contributed by atoms with E-state index in [1.807, 2.05) is 0 Å². The Morgan fingerprint density at radius 2 is 1.21 bits per heavy atom. The quantitative estimate of drug-likeness (QED) is 0.0238. The van der Waals surface area contributed by atoms with Gasteiger partial charge in [0.05, 0.1) is 31.7 Å². The molecule has 306 valence electrons. The molecule has 0 radical (unpaired) electrons. The number of primary amides is 1. The Morgan fingerprint density at radius 1 is 0.721 bits per heavy atom. The van der Waals surface area contributed by atoms with Gasteiger partial charge in [0.1, 0.15) is 35.9 Å². The fraction of sp³-hybridized carbons (Fsp3) is 0.111. The zero-order chi connectivity index (χ0) is 43.1. The predicted octanol–water partition coefficient (Wildman–Crippen LogP) is -9.14. The van der Waals surface area contributed by atoms with E-state index in [9.17, 15) is 53.3 Å². The Hall–Kier alpha value is -3.21. The molecule has 0 unspecified atom stereocenters. The van der Waals surface area contributed by atoms with Gasteiger partial charge in [-0.25, -0.2) is 25.3 Å². The molecule has 0 bridgehead atoms. The molecular weight excluding hydrogens is 948 g/mol. The van der Waals surface area contributed by atoms with Crippen LogP contribution in [-0.4, -0.2) is 104 Å². The summed E-state index contributed by atoms with van der Waals surface area (Å²) in [7, 11) is -16.4. The van der Waals surface area contributed by atoms with Crippen LogP contribution in [0.25, 0.3) is 0 Å². The molecule has 1 aliphatic rings. The Kier molecular flexibility index (Phi) is 18.5. The van der Waals surface area contributed by atoms with Crippen molar-refractivity contribution in [3.05, 3.63) is 52.0 Å². The number of rotatable bonds is 13. The average molecular weight is 970 g/mol. The molecule has 0 aliphatic carbocycles. The van der Waals surface area contributed by atoms with Crippen LogP contribution in [0, 0.1) is 0 Å². The van der Waals surface area contributed by atoms with E-state index in [1.54, 1.807) is 0 Å². The molecule has 5 rings (SSSR count). The number of hydrogen-bond acceptors (Lipinski definition) is 24. The SMILES string of the molecule is CCN1C(=O)C(C(N)=O)=C(C)/C(=N/Nc2cc(Nc3nc(Cl)nc(Nc4ccc(S(=O)(=O)[O-])c(Nc5nc(N)nc(Cl)n5)c4)n3)c(S(=O)(=O)[O-])cc2S(=O)(=O)[O-])C1=O.[Na+].[Na+].[Na+]. The number of hydrogen-bond donors (Lipinski definition) is 6. The molecule has 0 saturated heterocycles. The van der Waals surface area contributed by atoms with Gasteiger partial charge in [0, 0.05) is 17.8 Å². The molecule has 4 aromatic rings. The fourth-order valence-electron chi connectivity index (χ4n) is 4.96. The maximum atomic E-state index is 13.1. The van der Waals surface area contributed by atoms with Gasteiger partial charge >= 0.3 is 88.7 Å². The molecule has 2 aromatic heterocycles. The van der Waals surface area contributed by atoms with E-state index in [0.29, 0.717) is 11.0 Å². The maximum Gasteiger partial charge on any atom is 1.00 e. The standard InChI is InChI=1S/C27H24Cl2N14O12S3.3Na/c1-3-43-20(45)17(19(30)44)9(2)18(21(43)46)42-41-13-7-12(15(57(50,51)52)8-16(13)58(53,54)55)34-27-38-23(29)37-25(40-27)32-10-4-5-14(56(47,48)49)11(6-10)33-26-36-22(28)35-24(31)39-26;;;/h4-8,41H,3H2,1-2H3,(H2,30,44)(H,47,48,49)(H,50,51,52)(H,53,54,55)(H3,31,33,35,36,39)(H2,32,34,37,38,40);;;/q;3*+1/p-3/b42-18-;;;. The Labute approximate surface area is 420 Å². The Bertz CT molecular complexity index is 2840. The van der Waals surface area contributed by atoms with Crippen molar-refractivity contribution < 1.29 is 142 Å². The predicted molar refractivity (Wildman–Crippen MR) is 196 cm³/mol. The normalized spacial score (nSPS) is 13.8. The van der Waals surface area contributed by atoms with E-state index in [0.717, 1.165) is 25.1 Å². The molecule has 8 N–H and O–H groups in total. The van der Waals surface area contributed by atoms with Gasteiger partial charge in [0.25, 0.3) is 17.7 Å². The molecule has 26 nitrogen and oxygen atoms in total. The summed E-state index contributed by atoms with van der Waals surface area (Å²) in [5.41, 5.74) is 9.28. The van der Waals surface area contributed by atoms with Crippen LogP contribution < -0.4 is 122 Å². The Morgan fingerprint density at radius 3 is 1.72 bits per heavy atom. The van der Waals surface area contributed by atoms with Gasteiger partial charge in [-0.2, -0.15) is 35.0 Å². The van der Waals surface area contributed by atoms with Gasteiger partial charge < -0.3 is 41.1 Å². The number of benzene rings is 2. The number of amides is 3. The number of halogens is 2. The molecule has 0 spiro atoms. The molecule has 0 atom stereocenters. The minimum Gasteiger partial charge on any atom is -0.744 e. The van der Waals surface area contributed by atoms with Gasteiger partial charge in [0.2, 0.25) is 34.4 Å². The van der Waals surface area contributed by atoms with Crippen molar-refractivity contribution in [3.8, 4) is 0 Å². The third-order valence-electron chi connectivity index (χ3n) is 7.34. The second-order valence-electron chi connectivity index (χ2n) is 11.1. The van der Waals surface area contributed by atoms with Crippen molar-refractivity contribution in [1.82, 2.24) is 34.8 Å². The smallest absolute Gasteiger partial charge is 0.744 e. The largest absolute Gasteiger partial charge is 1.00 e. The third-order valence-corrected chi connectivity index (χ3v) is 10.3. The van der Waals surface area contributed by atoms with E-state index in [-0.39, 0.29) is 130 Å². The van der Waals surface area contributed by atoms with E-state index in [1.165, 1.54) is 6.92 Å². The number of nitrogens with two attached hydrogens (primary N) is 2. The number of likely N-dealkylation sites (N-methyl/N-ethyl adjacent to an activating group) is 1. The van der Waals surface area contributed by atoms with Crippen LogP contribution >= 0.6 is 23.2 Å². The second-order valence-corrected chi connectivity index (χ2v) is 15.8. The second kappa shape index (κ2) is 21.0. The number of imide groups is 1. The van der Waals surface area contributed by atoms with Crippen molar-refractivity contribution in [1.29, 1.82) is 0 Å². The zero-order valence-corrected chi connectivity index (χ0v) is 41.7. The average Bonchev–Trinajstić information content (AvgIpc) is 3.06. The van der Waals surface area contributed by atoms with Gasteiger partial charge in [-0.3, -0.25) is 24.7 Å². The summed E-state index contributed by atoms with van der Waals surface area (Å²) in [5.74, 6) is -5.15. The minimum absolute atomic E-state index is 0. The Balaban J connectivity index is 0.00000427. The van der Waals surface area contributed by atoms with Crippen LogP contribution in [0.5, 0.6) is 0 Å². The van der Waals surface area contributed by atoms with Crippen molar-refractivity contribution in [2.75, 3.05) is 33.7 Å². The van der Waals surface area contributed by atoms with Crippen molar-refractivity contribution in [2.45, 2.75) is 28.5 Å². The van der Waals surface area contributed by atoms with Gasteiger partial charge in [0.15, 0.2) is 5.71 Å². The van der Waals surface area contributed by atoms with Crippen LogP contribution in [-0.2, 0) is 44.7 Å². The molecule has 2 aromatic carbocycles. The van der Waals surface area contributed by atoms with E-state index in [4.69, 9.17) is 34.7 Å². The minimum atomic E-state index is -5.63. The summed E-state index contributed by atoms with van der Waals surface area (Å²) in [6.45, 7) is 2.26. The molecule has 0 fully saturated rings. The van der Waals surface area contributed by atoms with Crippen LogP contribution in [0.3, 0.4) is 0 Å². The fourth-order valence-corrected chi connectivity index (χ4v) is 7.25. The number of nitrogens with zero attached hydrogens (tertiary/aromatic N) is 8. The molecule has 3 heterocycles. The number of nitrogens with one attached hydrogen (secondary N) is 4. The number of aromatic nitrogens is 6. The monoisotopic (exact) mass is 968 g/mol. The number of nitrogen functional groups attached to an aromatic ring is 1. The van der Waals surface area contributed by atoms with Gasteiger partial charge in [-0.05, 0) is 67.4 Å². The zero-order valence-electron chi connectivity index (χ0n) is 31.7. The van der Waals surface area contributed by atoms with Gasteiger partial charge in [-0.1, -0.05) is 0 Å². The number of anilines is 8. The summed E-state index contributed by atoms with van der Waals surface area (Å²) >= 11 is 11.8. The van der Waals surface area contributed by atoms with Crippen LogP contribution in [0.15, 0.2) is 61.3 Å². The first-order valence-corrected chi connectivity index (χ1v) is 20.2. The molecular formula is C27H21Cl2N14Na3O12S3. The molecule has 0 saturated carbocycles. The molecule has 3 amide bonds. The van der Waals surface area contributed by atoms with Crippen LogP contribution in [0.2, 0.25) is 10.6 Å². The summed E-state index contributed by atoms with van der Waals surface area (Å²) in [4.78, 5) is 57.5. The first-order chi connectivity index (χ1) is 26.9.